The molecule has 0 radical (unpaired) electrons. The highest BCUT2D eigenvalue weighted by atomic mass is 32.2. The topological polar surface area (TPSA) is 83.7 Å². The van der Waals surface area contributed by atoms with E-state index in [1.165, 1.54) is 11.8 Å². The highest BCUT2D eigenvalue weighted by Gasteiger charge is 2.20. The van der Waals surface area contributed by atoms with Crippen molar-refractivity contribution in [2.75, 3.05) is 5.75 Å². The third-order valence-corrected chi connectivity index (χ3v) is 4.44. The molecule has 130 valence electrons. The minimum Gasteiger partial charge on any atom is -0.480 e. The molecule has 1 atom stereocenters. The minimum absolute atomic E-state index is 0.209. The van der Waals surface area contributed by atoms with E-state index in [-0.39, 0.29) is 17.6 Å². The van der Waals surface area contributed by atoms with E-state index < -0.39 is 12.0 Å². The van der Waals surface area contributed by atoms with E-state index in [0.29, 0.717) is 12.2 Å². The molecule has 0 aromatic carbocycles. The second-order valence-electron chi connectivity index (χ2n) is 6.28. The quantitative estimate of drug-likeness (QED) is 0.765. The summed E-state index contributed by atoms with van der Waals surface area (Å²) >= 11 is 1.43. The minimum atomic E-state index is -0.988. The molecule has 0 saturated heterocycles. The number of carbonyl (C=O) groups excluding carboxylic acids is 1. The van der Waals surface area contributed by atoms with Crippen molar-refractivity contribution in [3.05, 3.63) is 35.8 Å². The number of nitrogens with one attached hydrogen (secondary N) is 1. The molecule has 0 fully saturated rings. The van der Waals surface area contributed by atoms with Gasteiger partial charge in [0, 0.05) is 18.1 Å². The van der Waals surface area contributed by atoms with Crippen molar-refractivity contribution in [2.45, 2.75) is 39.0 Å². The molecule has 6 nitrogen and oxygen atoms in total. The lowest BCUT2D eigenvalue weighted by Gasteiger charge is -2.16. The number of thioether (sulfide) groups is 1. The van der Waals surface area contributed by atoms with Gasteiger partial charge < -0.3 is 14.8 Å². The average molecular weight is 349 g/mol. The zero-order valence-electron chi connectivity index (χ0n) is 14.2. The number of amides is 1. The molecule has 0 aliphatic rings. The first kappa shape index (κ1) is 18.3. The molecule has 2 aromatic rings. The molecule has 2 rings (SSSR count). The number of aliphatic carboxylic acids is 1. The van der Waals surface area contributed by atoms with Crippen molar-refractivity contribution in [3.8, 4) is 0 Å². The lowest BCUT2D eigenvalue weighted by Crippen LogP contribution is -2.42. The lowest BCUT2D eigenvalue weighted by molar-refractivity contribution is -0.141. The van der Waals surface area contributed by atoms with Crippen LogP contribution >= 0.6 is 11.8 Å². The molecule has 0 saturated carbocycles. The molecule has 2 aromatic heterocycles. The largest absolute Gasteiger partial charge is 0.480 e. The fraction of sp³-hybridized carbons (Fsp3) is 0.471. The maximum atomic E-state index is 11.9. The summed E-state index contributed by atoms with van der Waals surface area (Å²) in [4.78, 5) is 27.6. The molecule has 0 aliphatic carbocycles. The van der Waals surface area contributed by atoms with Gasteiger partial charge in [-0.05, 0) is 30.9 Å². The Balaban J connectivity index is 1.83. The second kappa shape index (κ2) is 8.19. The Morgan fingerprint density at radius 2 is 2.08 bits per heavy atom. The summed E-state index contributed by atoms with van der Waals surface area (Å²) in [5.41, 5.74) is 2.93. The van der Waals surface area contributed by atoms with Crippen LogP contribution in [-0.2, 0) is 15.3 Å². The van der Waals surface area contributed by atoms with Gasteiger partial charge in [0.05, 0.1) is 11.4 Å². The molecular formula is C17H23N3O3S. The van der Waals surface area contributed by atoms with E-state index >= 15 is 0 Å². The van der Waals surface area contributed by atoms with Gasteiger partial charge in [-0.1, -0.05) is 19.9 Å². The molecule has 1 unspecified atom stereocenters. The van der Waals surface area contributed by atoms with Gasteiger partial charge in [0.25, 0.3) is 0 Å². The van der Waals surface area contributed by atoms with Crippen molar-refractivity contribution in [2.24, 2.45) is 5.92 Å². The third kappa shape index (κ3) is 5.26. The van der Waals surface area contributed by atoms with Crippen LogP contribution in [0.4, 0.5) is 0 Å². The van der Waals surface area contributed by atoms with Crippen LogP contribution in [0.2, 0.25) is 0 Å². The van der Waals surface area contributed by atoms with Crippen LogP contribution in [0.5, 0.6) is 0 Å². The molecule has 0 bridgehead atoms. The van der Waals surface area contributed by atoms with Crippen LogP contribution in [-0.4, -0.2) is 38.2 Å². The monoisotopic (exact) mass is 349 g/mol. The molecule has 0 spiro atoms. The van der Waals surface area contributed by atoms with Gasteiger partial charge in [0.15, 0.2) is 0 Å². The highest BCUT2D eigenvalue weighted by Crippen LogP contribution is 2.14. The number of aryl methyl sites for hydroxylation is 1. The van der Waals surface area contributed by atoms with Gasteiger partial charge in [-0.15, -0.1) is 11.8 Å². The van der Waals surface area contributed by atoms with Gasteiger partial charge in [0.2, 0.25) is 5.91 Å². The van der Waals surface area contributed by atoms with Crippen LogP contribution in [0.3, 0.4) is 0 Å². The van der Waals surface area contributed by atoms with Crippen molar-refractivity contribution in [3.63, 3.8) is 0 Å². The molecule has 0 aliphatic heterocycles. The van der Waals surface area contributed by atoms with E-state index in [1.54, 1.807) is 0 Å². The van der Waals surface area contributed by atoms with E-state index in [1.807, 2.05) is 49.7 Å². The van der Waals surface area contributed by atoms with Gasteiger partial charge in [0.1, 0.15) is 11.7 Å². The number of fused-ring (bicyclic) bond motifs is 1. The highest BCUT2D eigenvalue weighted by molar-refractivity contribution is 7.99. The number of aromatic nitrogens is 2. The van der Waals surface area contributed by atoms with Crippen LogP contribution < -0.4 is 5.32 Å². The summed E-state index contributed by atoms with van der Waals surface area (Å²) in [5, 5.41) is 11.7. The molecule has 2 N–H and O–H groups in total. The standard InChI is InChI=1S/C17H23N3O3S/c1-11(2)6-14(17(22)23)19-16(21)10-24-9-13-8-20-7-12(3)4-5-15(20)18-13/h4-5,7-8,11,14H,6,9-10H2,1-3H3,(H,19,21)(H,22,23). The fourth-order valence-electron chi connectivity index (χ4n) is 2.40. The number of nitrogens with zero attached hydrogens (tertiary/aromatic N) is 2. The van der Waals surface area contributed by atoms with Gasteiger partial charge in [-0.25, -0.2) is 9.78 Å². The Kier molecular flexibility index (Phi) is 6.25. The maximum Gasteiger partial charge on any atom is 0.326 e. The Hall–Kier alpha value is -2.02. The van der Waals surface area contributed by atoms with E-state index in [9.17, 15) is 9.59 Å². The number of carbonyl (C=O) groups is 2. The summed E-state index contributed by atoms with van der Waals surface area (Å²) < 4.78 is 1.97. The Morgan fingerprint density at radius 3 is 2.75 bits per heavy atom. The maximum absolute atomic E-state index is 11.9. The zero-order valence-corrected chi connectivity index (χ0v) is 15.0. The Labute approximate surface area is 145 Å². The van der Waals surface area contributed by atoms with Gasteiger partial charge in [-0.3, -0.25) is 4.79 Å². The molecule has 1 amide bonds. The first-order valence-corrected chi connectivity index (χ1v) is 9.04. The van der Waals surface area contributed by atoms with Crippen molar-refractivity contribution < 1.29 is 14.7 Å². The van der Waals surface area contributed by atoms with E-state index in [0.717, 1.165) is 16.9 Å². The van der Waals surface area contributed by atoms with Crippen molar-refractivity contribution in [1.82, 2.24) is 14.7 Å². The first-order chi connectivity index (χ1) is 11.3. The Bertz CT molecular complexity index is 727. The zero-order chi connectivity index (χ0) is 17.7. The smallest absolute Gasteiger partial charge is 0.326 e. The number of carboxylic acid groups (broad SMARTS) is 1. The second-order valence-corrected chi connectivity index (χ2v) is 7.27. The van der Waals surface area contributed by atoms with Gasteiger partial charge >= 0.3 is 5.97 Å². The number of hydrogen-bond acceptors (Lipinski definition) is 4. The lowest BCUT2D eigenvalue weighted by atomic mass is 10.0. The predicted molar refractivity (Wildman–Crippen MR) is 95.1 cm³/mol. The van der Waals surface area contributed by atoms with Crippen molar-refractivity contribution >= 4 is 29.3 Å². The molecule has 7 heteroatoms. The third-order valence-electron chi connectivity index (χ3n) is 3.47. The summed E-state index contributed by atoms with van der Waals surface area (Å²) in [6.45, 7) is 5.89. The number of hydrogen-bond donors (Lipinski definition) is 2. The van der Waals surface area contributed by atoms with Crippen molar-refractivity contribution in [1.29, 1.82) is 0 Å². The number of pyridine rings is 1. The van der Waals surface area contributed by atoms with Crippen LogP contribution in [0.25, 0.3) is 5.65 Å². The molecule has 2 heterocycles. The normalized spacial score (nSPS) is 12.5. The average Bonchev–Trinajstić information content (AvgIpc) is 2.87. The summed E-state index contributed by atoms with van der Waals surface area (Å²) in [7, 11) is 0. The van der Waals surface area contributed by atoms with Crippen LogP contribution in [0.1, 0.15) is 31.5 Å². The van der Waals surface area contributed by atoms with E-state index in [2.05, 4.69) is 10.3 Å². The van der Waals surface area contributed by atoms with Gasteiger partial charge in [-0.2, -0.15) is 0 Å². The predicted octanol–water partition coefficient (Wildman–Crippen LogP) is 2.49. The summed E-state index contributed by atoms with van der Waals surface area (Å²) in [6.07, 6.45) is 4.39. The SMILES string of the molecule is Cc1ccc2nc(CSCC(=O)NC(CC(C)C)C(=O)O)cn2c1. The first-order valence-electron chi connectivity index (χ1n) is 7.89. The van der Waals surface area contributed by atoms with Crippen LogP contribution in [0, 0.1) is 12.8 Å². The summed E-state index contributed by atoms with van der Waals surface area (Å²) in [6, 6.07) is 3.14. The number of carboxylic acids is 1. The molecular weight excluding hydrogens is 326 g/mol. The Morgan fingerprint density at radius 1 is 1.33 bits per heavy atom. The number of imidazole rings is 1. The molecule has 24 heavy (non-hydrogen) atoms. The summed E-state index contributed by atoms with van der Waals surface area (Å²) in [5.74, 6) is -0.212. The van der Waals surface area contributed by atoms with E-state index in [4.69, 9.17) is 5.11 Å². The number of rotatable bonds is 8. The fourth-order valence-corrected chi connectivity index (χ4v) is 3.12. The van der Waals surface area contributed by atoms with Crippen LogP contribution in [0.15, 0.2) is 24.5 Å².